The summed E-state index contributed by atoms with van der Waals surface area (Å²) in [6.45, 7) is 13.4. The quantitative estimate of drug-likeness (QED) is 0.503. The first-order valence-corrected chi connectivity index (χ1v) is 10.0. The number of rotatable bonds is 2. The van der Waals surface area contributed by atoms with Crippen LogP contribution < -0.4 is 4.90 Å². The van der Waals surface area contributed by atoms with Crippen LogP contribution in [0.4, 0.5) is 19.9 Å². The van der Waals surface area contributed by atoms with Crippen LogP contribution in [0.5, 0.6) is 0 Å². The maximum absolute atomic E-state index is 13.7. The molecule has 0 spiro atoms. The summed E-state index contributed by atoms with van der Waals surface area (Å²) in [7, 11) is 0. The zero-order valence-electron chi connectivity index (χ0n) is 19.0. The van der Waals surface area contributed by atoms with Crippen molar-refractivity contribution >= 4 is 29.7 Å². The molecule has 2 amide bonds. The van der Waals surface area contributed by atoms with Gasteiger partial charge in [0.2, 0.25) is 5.95 Å². The minimum Gasteiger partial charge on any atom is -0.443 e. The summed E-state index contributed by atoms with van der Waals surface area (Å²) < 4.78 is 24.5. The SMILES string of the molecule is Cc1cc(F)cc(C)c1-c1cc(Cl)nc(N(C(=O)OC(C)(C)C)C(=O)OC(C)(C)C)n1. The van der Waals surface area contributed by atoms with Crippen molar-refractivity contribution in [3.05, 3.63) is 40.3 Å². The molecule has 1 heterocycles. The molecular weight excluding hydrogens is 425 g/mol. The minimum atomic E-state index is -1.01. The van der Waals surface area contributed by atoms with Crippen molar-refractivity contribution in [1.29, 1.82) is 0 Å². The monoisotopic (exact) mass is 451 g/mol. The van der Waals surface area contributed by atoms with Crippen LogP contribution in [0.2, 0.25) is 5.15 Å². The van der Waals surface area contributed by atoms with E-state index in [2.05, 4.69) is 9.97 Å². The average Bonchev–Trinajstić information content (AvgIpc) is 2.49. The van der Waals surface area contributed by atoms with Crippen molar-refractivity contribution in [1.82, 2.24) is 9.97 Å². The predicted octanol–water partition coefficient (Wildman–Crippen LogP) is 6.23. The van der Waals surface area contributed by atoms with Gasteiger partial charge in [0.15, 0.2) is 0 Å². The molecule has 1 aromatic heterocycles. The van der Waals surface area contributed by atoms with Crippen molar-refractivity contribution in [2.24, 2.45) is 0 Å². The zero-order valence-corrected chi connectivity index (χ0v) is 19.7. The standard InChI is InChI=1S/C22H27ClFN3O4/c1-12-9-14(24)10-13(2)17(12)15-11-16(23)26-18(25-15)27(19(28)30-21(3,4)5)20(29)31-22(6,7)8/h9-11H,1-8H3. The van der Waals surface area contributed by atoms with E-state index in [1.807, 2.05) is 0 Å². The molecular formula is C22H27ClFN3O4. The molecule has 0 saturated carbocycles. The van der Waals surface area contributed by atoms with Gasteiger partial charge >= 0.3 is 12.2 Å². The van der Waals surface area contributed by atoms with Gasteiger partial charge in [0.25, 0.3) is 0 Å². The number of benzene rings is 1. The van der Waals surface area contributed by atoms with Gasteiger partial charge in [-0.2, -0.15) is 4.98 Å². The number of anilines is 1. The summed E-state index contributed by atoms with van der Waals surface area (Å²) in [6.07, 6.45) is -2.02. The lowest BCUT2D eigenvalue weighted by Gasteiger charge is -2.27. The maximum atomic E-state index is 13.7. The van der Waals surface area contributed by atoms with Crippen molar-refractivity contribution in [2.75, 3.05) is 4.90 Å². The highest BCUT2D eigenvalue weighted by Crippen LogP contribution is 2.30. The molecule has 7 nitrogen and oxygen atoms in total. The molecule has 0 aliphatic heterocycles. The minimum absolute atomic E-state index is 0.0137. The Morgan fingerprint density at radius 3 is 1.77 bits per heavy atom. The van der Waals surface area contributed by atoms with Crippen LogP contribution in [0.1, 0.15) is 52.7 Å². The van der Waals surface area contributed by atoms with Crippen LogP contribution >= 0.6 is 11.6 Å². The lowest BCUT2D eigenvalue weighted by atomic mass is 9.99. The summed E-state index contributed by atoms with van der Waals surface area (Å²) >= 11 is 6.20. The van der Waals surface area contributed by atoms with Gasteiger partial charge in [-0.25, -0.2) is 19.0 Å². The fourth-order valence-corrected chi connectivity index (χ4v) is 2.98. The Balaban J connectivity index is 2.64. The first-order chi connectivity index (χ1) is 14.1. The van der Waals surface area contributed by atoms with E-state index in [9.17, 15) is 14.0 Å². The van der Waals surface area contributed by atoms with Gasteiger partial charge in [0.05, 0.1) is 5.69 Å². The number of imide groups is 1. The Bertz CT molecular complexity index is 962. The number of amides is 2. The molecule has 0 unspecified atom stereocenters. The van der Waals surface area contributed by atoms with E-state index in [1.54, 1.807) is 55.4 Å². The van der Waals surface area contributed by atoms with Crippen LogP contribution in [0, 0.1) is 19.7 Å². The van der Waals surface area contributed by atoms with Crippen LogP contribution in [-0.4, -0.2) is 33.4 Å². The van der Waals surface area contributed by atoms with Gasteiger partial charge in [0, 0.05) is 11.6 Å². The Morgan fingerprint density at radius 2 is 1.35 bits per heavy atom. The molecule has 0 saturated heterocycles. The topological polar surface area (TPSA) is 81.6 Å². The number of ether oxygens (including phenoxy) is 2. The van der Waals surface area contributed by atoms with Gasteiger partial charge in [-0.15, -0.1) is 4.90 Å². The molecule has 2 aromatic rings. The number of halogens is 2. The lowest BCUT2D eigenvalue weighted by Crippen LogP contribution is -2.44. The molecule has 0 aliphatic carbocycles. The third-order valence-electron chi connectivity index (χ3n) is 3.79. The first kappa shape index (κ1) is 24.5. The smallest absolute Gasteiger partial charge is 0.427 e. The molecule has 9 heteroatoms. The third-order valence-corrected chi connectivity index (χ3v) is 3.98. The van der Waals surface area contributed by atoms with E-state index in [0.717, 1.165) is 0 Å². The van der Waals surface area contributed by atoms with Crippen LogP contribution in [0.3, 0.4) is 0 Å². The molecule has 0 radical (unpaired) electrons. The molecule has 1 aromatic carbocycles. The number of aromatic nitrogens is 2. The number of nitrogens with zero attached hydrogens (tertiary/aromatic N) is 3. The normalized spacial score (nSPS) is 11.8. The van der Waals surface area contributed by atoms with Crippen molar-refractivity contribution in [2.45, 2.75) is 66.6 Å². The van der Waals surface area contributed by atoms with E-state index >= 15 is 0 Å². The van der Waals surface area contributed by atoms with Gasteiger partial charge in [-0.3, -0.25) is 0 Å². The Hall–Kier alpha value is -2.74. The molecule has 0 aliphatic rings. The van der Waals surface area contributed by atoms with E-state index in [0.29, 0.717) is 27.3 Å². The van der Waals surface area contributed by atoms with E-state index in [1.165, 1.54) is 18.2 Å². The molecule has 168 valence electrons. The first-order valence-electron chi connectivity index (χ1n) is 9.65. The van der Waals surface area contributed by atoms with Crippen LogP contribution in [0.25, 0.3) is 11.3 Å². The number of hydrogen-bond donors (Lipinski definition) is 0. The maximum Gasteiger partial charge on any atom is 0.427 e. The zero-order chi connectivity index (χ0) is 23.7. The van der Waals surface area contributed by atoms with Crippen LogP contribution in [-0.2, 0) is 9.47 Å². The molecule has 0 atom stereocenters. The summed E-state index contributed by atoms with van der Waals surface area (Å²) in [5.74, 6) is -0.697. The molecule has 2 rings (SSSR count). The predicted molar refractivity (Wildman–Crippen MR) is 117 cm³/mol. The number of aryl methyl sites for hydroxylation is 2. The number of carbonyl (C=O) groups excluding carboxylic acids is 2. The highest BCUT2D eigenvalue weighted by Gasteiger charge is 2.35. The number of carbonyl (C=O) groups is 2. The highest BCUT2D eigenvalue weighted by atomic mass is 35.5. The van der Waals surface area contributed by atoms with Gasteiger partial charge in [-0.1, -0.05) is 11.6 Å². The van der Waals surface area contributed by atoms with E-state index in [4.69, 9.17) is 21.1 Å². The van der Waals surface area contributed by atoms with E-state index < -0.39 is 23.4 Å². The fraction of sp³-hybridized carbons (Fsp3) is 0.455. The molecule has 0 N–H and O–H groups in total. The van der Waals surface area contributed by atoms with Gasteiger partial charge in [-0.05, 0) is 78.6 Å². The Kier molecular flexibility index (Phi) is 6.95. The van der Waals surface area contributed by atoms with Crippen molar-refractivity contribution in [3.63, 3.8) is 0 Å². The largest absolute Gasteiger partial charge is 0.443 e. The third kappa shape index (κ3) is 6.62. The van der Waals surface area contributed by atoms with Crippen molar-refractivity contribution in [3.8, 4) is 11.3 Å². The second-order valence-corrected chi connectivity index (χ2v) is 9.47. The van der Waals surface area contributed by atoms with Crippen molar-refractivity contribution < 1.29 is 23.5 Å². The Morgan fingerprint density at radius 1 is 0.903 bits per heavy atom. The second kappa shape index (κ2) is 8.78. The highest BCUT2D eigenvalue weighted by molar-refractivity contribution is 6.29. The summed E-state index contributed by atoms with van der Waals surface area (Å²) in [5.41, 5.74) is 0.382. The second-order valence-electron chi connectivity index (χ2n) is 9.09. The fourth-order valence-electron chi connectivity index (χ4n) is 2.80. The molecule has 0 bridgehead atoms. The lowest BCUT2D eigenvalue weighted by molar-refractivity contribution is 0.0427. The van der Waals surface area contributed by atoms with Gasteiger partial charge in [0.1, 0.15) is 22.2 Å². The molecule has 31 heavy (non-hydrogen) atoms. The summed E-state index contributed by atoms with van der Waals surface area (Å²) in [6, 6.07) is 4.19. The van der Waals surface area contributed by atoms with E-state index in [-0.39, 0.29) is 16.9 Å². The summed E-state index contributed by atoms with van der Waals surface area (Å²) in [4.78, 5) is 34.7. The molecule has 0 fully saturated rings. The Labute approximate surface area is 186 Å². The van der Waals surface area contributed by atoms with Gasteiger partial charge < -0.3 is 9.47 Å². The van der Waals surface area contributed by atoms with Crippen LogP contribution in [0.15, 0.2) is 18.2 Å². The average molecular weight is 452 g/mol. The number of hydrogen-bond acceptors (Lipinski definition) is 6. The summed E-state index contributed by atoms with van der Waals surface area (Å²) in [5, 5.41) is -0.0137.